The molecule has 1 unspecified atom stereocenters. The first kappa shape index (κ1) is 19.5. The Morgan fingerprint density at radius 1 is 1.15 bits per heavy atom. The molecular weight excluding hydrogens is 340 g/mol. The average molecular weight is 370 g/mol. The first-order valence-electron chi connectivity index (χ1n) is 9.61. The van der Waals surface area contributed by atoms with Crippen molar-refractivity contribution in [1.29, 1.82) is 0 Å². The van der Waals surface area contributed by atoms with Gasteiger partial charge in [0.15, 0.2) is 5.96 Å². The number of ether oxygens (including phenoxy) is 1. The average Bonchev–Trinajstić information content (AvgIpc) is 3.22. The Hall–Kier alpha value is -2.31. The Morgan fingerprint density at radius 3 is 2.59 bits per heavy atom. The van der Waals surface area contributed by atoms with E-state index < -0.39 is 0 Å². The highest BCUT2D eigenvalue weighted by atomic mass is 16.5. The normalized spacial score (nSPS) is 16.9. The molecule has 1 aromatic carbocycles. The van der Waals surface area contributed by atoms with Crippen LogP contribution in [0.1, 0.15) is 22.9 Å². The molecule has 2 N–H and O–H groups in total. The van der Waals surface area contributed by atoms with Crippen molar-refractivity contribution in [2.75, 3.05) is 46.4 Å². The Morgan fingerprint density at radius 2 is 1.93 bits per heavy atom. The highest BCUT2D eigenvalue weighted by Crippen LogP contribution is 2.21. The maximum atomic E-state index is 5.53. The molecule has 6 heteroatoms. The van der Waals surface area contributed by atoms with Crippen LogP contribution in [-0.4, -0.2) is 57.3 Å². The molecule has 1 fully saturated rings. The van der Waals surface area contributed by atoms with Gasteiger partial charge in [0.1, 0.15) is 5.76 Å². The van der Waals surface area contributed by atoms with E-state index in [-0.39, 0.29) is 6.04 Å². The van der Waals surface area contributed by atoms with Crippen LogP contribution in [0.25, 0.3) is 0 Å². The molecule has 146 valence electrons. The number of hydrogen-bond acceptors (Lipinski definition) is 4. The summed E-state index contributed by atoms with van der Waals surface area (Å²) >= 11 is 0. The lowest BCUT2D eigenvalue weighted by atomic mass is 10.0. The maximum Gasteiger partial charge on any atom is 0.191 e. The van der Waals surface area contributed by atoms with E-state index in [0.29, 0.717) is 0 Å². The van der Waals surface area contributed by atoms with Crippen molar-refractivity contribution in [3.63, 3.8) is 0 Å². The van der Waals surface area contributed by atoms with Gasteiger partial charge in [-0.2, -0.15) is 0 Å². The van der Waals surface area contributed by atoms with E-state index in [1.165, 1.54) is 11.1 Å². The fourth-order valence-corrected chi connectivity index (χ4v) is 3.31. The van der Waals surface area contributed by atoms with Crippen molar-refractivity contribution in [3.05, 3.63) is 59.5 Å². The fourth-order valence-electron chi connectivity index (χ4n) is 3.31. The number of nitrogens with zero attached hydrogens (tertiary/aromatic N) is 2. The number of rotatable bonds is 7. The van der Waals surface area contributed by atoms with E-state index in [9.17, 15) is 0 Å². The summed E-state index contributed by atoms with van der Waals surface area (Å²) in [5.74, 6) is 1.79. The molecule has 0 spiro atoms. The molecule has 0 bridgehead atoms. The molecule has 0 radical (unpaired) electrons. The zero-order valence-corrected chi connectivity index (χ0v) is 16.3. The van der Waals surface area contributed by atoms with Crippen LogP contribution in [0, 0.1) is 6.92 Å². The molecule has 2 aromatic rings. The van der Waals surface area contributed by atoms with Crippen LogP contribution < -0.4 is 10.6 Å². The van der Waals surface area contributed by atoms with E-state index in [1.54, 1.807) is 13.3 Å². The molecule has 0 aliphatic carbocycles. The van der Waals surface area contributed by atoms with Crippen LogP contribution in [-0.2, 0) is 11.2 Å². The molecule has 0 saturated carbocycles. The van der Waals surface area contributed by atoms with Gasteiger partial charge in [0.2, 0.25) is 0 Å². The number of guanidine groups is 1. The number of furan rings is 1. The first-order chi connectivity index (χ1) is 13.3. The minimum atomic E-state index is 0.290. The summed E-state index contributed by atoms with van der Waals surface area (Å²) in [6.45, 7) is 7.17. The Kier molecular flexibility index (Phi) is 7.30. The molecule has 0 amide bonds. The zero-order chi connectivity index (χ0) is 18.9. The second-order valence-electron chi connectivity index (χ2n) is 6.78. The van der Waals surface area contributed by atoms with Gasteiger partial charge in [-0.15, -0.1) is 0 Å². The molecule has 6 nitrogen and oxygen atoms in total. The van der Waals surface area contributed by atoms with Gasteiger partial charge < -0.3 is 19.8 Å². The number of benzene rings is 1. The van der Waals surface area contributed by atoms with Gasteiger partial charge in [-0.05, 0) is 24.6 Å². The third-order valence-electron chi connectivity index (χ3n) is 4.88. The van der Waals surface area contributed by atoms with E-state index >= 15 is 0 Å². The topological polar surface area (TPSA) is 62.0 Å². The van der Waals surface area contributed by atoms with Gasteiger partial charge in [0.25, 0.3) is 0 Å². The minimum Gasteiger partial charge on any atom is -0.469 e. The first-order valence-corrected chi connectivity index (χ1v) is 9.61. The molecule has 1 aliphatic heterocycles. The summed E-state index contributed by atoms with van der Waals surface area (Å²) in [5, 5.41) is 6.85. The van der Waals surface area contributed by atoms with Crippen molar-refractivity contribution in [2.24, 2.45) is 4.99 Å². The largest absolute Gasteiger partial charge is 0.469 e. The summed E-state index contributed by atoms with van der Waals surface area (Å²) in [4.78, 5) is 6.84. The highest BCUT2D eigenvalue weighted by Gasteiger charge is 2.22. The van der Waals surface area contributed by atoms with Crippen molar-refractivity contribution in [1.82, 2.24) is 15.5 Å². The number of hydrogen-bond donors (Lipinski definition) is 2. The second kappa shape index (κ2) is 10.1. The van der Waals surface area contributed by atoms with Crippen LogP contribution in [0.4, 0.5) is 0 Å². The lowest BCUT2D eigenvalue weighted by molar-refractivity contribution is 0.0170. The van der Waals surface area contributed by atoms with Gasteiger partial charge in [-0.25, -0.2) is 0 Å². The smallest absolute Gasteiger partial charge is 0.191 e. The zero-order valence-electron chi connectivity index (χ0n) is 16.3. The Balaban J connectivity index is 1.57. The summed E-state index contributed by atoms with van der Waals surface area (Å²) in [6, 6.07) is 13.0. The fraction of sp³-hybridized carbons (Fsp3) is 0.476. The predicted molar refractivity (Wildman–Crippen MR) is 108 cm³/mol. The van der Waals surface area contributed by atoms with Gasteiger partial charge in [-0.1, -0.05) is 29.8 Å². The van der Waals surface area contributed by atoms with Crippen molar-refractivity contribution >= 4 is 5.96 Å². The minimum absolute atomic E-state index is 0.290. The monoisotopic (exact) mass is 370 g/mol. The van der Waals surface area contributed by atoms with Crippen molar-refractivity contribution < 1.29 is 9.15 Å². The second-order valence-corrected chi connectivity index (χ2v) is 6.78. The van der Waals surface area contributed by atoms with Gasteiger partial charge in [0, 0.05) is 39.6 Å². The third-order valence-corrected chi connectivity index (χ3v) is 4.88. The maximum absolute atomic E-state index is 5.53. The lowest BCUT2D eigenvalue weighted by Gasteiger charge is -2.35. The Labute approximate surface area is 161 Å². The number of aryl methyl sites for hydroxylation is 1. The van der Waals surface area contributed by atoms with Crippen LogP contribution in [0.15, 0.2) is 52.1 Å². The van der Waals surface area contributed by atoms with E-state index in [1.807, 2.05) is 12.1 Å². The summed E-state index contributed by atoms with van der Waals surface area (Å²) in [7, 11) is 1.80. The SMILES string of the molecule is CN=C(NCCc1ccco1)NCC(c1ccc(C)cc1)N1CCOCC1. The van der Waals surface area contributed by atoms with Crippen molar-refractivity contribution in [2.45, 2.75) is 19.4 Å². The van der Waals surface area contributed by atoms with Crippen LogP contribution >= 0.6 is 0 Å². The number of nitrogens with one attached hydrogen (secondary N) is 2. The van der Waals surface area contributed by atoms with E-state index in [2.05, 4.69) is 51.7 Å². The van der Waals surface area contributed by atoms with Crippen LogP contribution in [0.3, 0.4) is 0 Å². The van der Waals surface area contributed by atoms with Gasteiger partial charge in [0.05, 0.1) is 25.5 Å². The molecule has 1 aliphatic rings. The number of morpholine rings is 1. The van der Waals surface area contributed by atoms with Gasteiger partial charge in [-0.3, -0.25) is 9.89 Å². The number of aliphatic imine (C=N–C) groups is 1. The van der Waals surface area contributed by atoms with E-state index in [0.717, 1.165) is 57.5 Å². The standard InChI is InChI=1S/C21H30N4O2/c1-17-5-7-18(8-6-17)20(25-11-14-26-15-12-25)16-24-21(22-2)23-10-9-19-4-3-13-27-19/h3-8,13,20H,9-12,14-16H2,1-2H3,(H2,22,23,24). The molecule has 3 rings (SSSR count). The van der Waals surface area contributed by atoms with Crippen LogP contribution in [0.5, 0.6) is 0 Å². The van der Waals surface area contributed by atoms with Gasteiger partial charge >= 0.3 is 0 Å². The molecule has 1 aromatic heterocycles. The van der Waals surface area contributed by atoms with Crippen LogP contribution in [0.2, 0.25) is 0 Å². The lowest BCUT2D eigenvalue weighted by Crippen LogP contribution is -2.46. The summed E-state index contributed by atoms with van der Waals surface area (Å²) < 4.78 is 10.9. The predicted octanol–water partition coefficient (Wildman–Crippen LogP) is 2.37. The molecular formula is C21H30N4O2. The Bertz CT molecular complexity index is 691. The molecule has 1 saturated heterocycles. The third kappa shape index (κ3) is 5.84. The quantitative estimate of drug-likeness (QED) is 0.579. The molecule has 27 heavy (non-hydrogen) atoms. The van der Waals surface area contributed by atoms with Crippen molar-refractivity contribution in [3.8, 4) is 0 Å². The summed E-state index contributed by atoms with van der Waals surface area (Å²) in [5.41, 5.74) is 2.60. The van der Waals surface area contributed by atoms with E-state index in [4.69, 9.17) is 9.15 Å². The molecule has 2 heterocycles. The summed E-state index contributed by atoms with van der Waals surface area (Å²) in [6.07, 6.45) is 2.54. The highest BCUT2D eigenvalue weighted by molar-refractivity contribution is 5.79. The molecule has 1 atom stereocenters.